The minimum Gasteiger partial charge on any atom is -0.481 e. The van der Waals surface area contributed by atoms with Gasteiger partial charge in [-0.25, -0.2) is 8.78 Å². The molecule has 0 bridgehead atoms. The summed E-state index contributed by atoms with van der Waals surface area (Å²) >= 11 is 0. The van der Waals surface area contributed by atoms with Gasteiger partial charge < -0.3 is 5.11 Å². The molecular weight excluding hydrogens is 238 g/mol. The van der Waals surface area contributed by atoms with Crippen molar-refractivity contribution >= 4 is 5.97 Å². The second-order valence-corrected chi connectivity index (χ2v) is 4.61. The van der Waals surface area contributed by atoms with Gasteiger partial charge in [0.05, 0.1) is 0 Å². The van der Waals surface area contributed by atoms with Crippen molar-refractivity contribution in [3.63, 3.8) is 0 Å². The van der Waals surface area contributed by atoms with Crippen LogP contribution >= 0.6 is 0 Å². The SMILES string of the molecule is CCC/C=C\C(F)(F)CCCCCCCC(=O)O. The summed E-state index contributed by atoms with van der Waals surface area (Å²) < 4.78 is 26.5. The van der Waals surface area contributed by atoms with Crippen LogP contribution in [0.5, 0.6) is 0 Å². The van der Waals surface area contributed by atoms with E-state index in [2.05, 4.69) is 0 Å². The Hall–Kier alpha value is -0.930. The molecule has 0 saturated carbocycles. The number of rotatable bonds is 11. The molecule has 0 aliphatic carbocycles. The van der Waals surface area contributed by atoms with E-state index in [0.29, 0.717) is 19.3 Å². The summed E-state index contributed by atoms with van der Waals surface area (Å²) in [6.07, 6.45) is 7.75. The van der Waals surface area contributed by atoms with E-state index >= 15 is 0 Å². The van der Waals surface area contributed by atoms with Crippen LogP contribution in [0.1, 0.15) is 64.7 Å². The third kappa shape index (κ3) is 11.6. The molecule has 0 radical (unpaired) electrons. The monoisotopic (exact) mass is 262 g/mol. The van der Waals surface area contributed by atoms with Gasteiger partial charge in [0.15, 0.2) is 0 Å². The van der Waals surface area contributed by atoms with Crippen LogP contribution in [0.3, 0.4) is 0 Å². The Kier molecular flexibility index (Phi) is 9.52. The van der Waals surface area contributed by atoms with Gasteiger partial charge in [0, 0.05) is 12.8 Å². The summed E-state index contributed by atoms with van der Waals surface area (Å²) in [5.41, 5.74) is 0. The summed E-state index contributed by atoms with van der Waals surface area (Å²) in [6.45, 7) is 1.96. The summed E-state index contributed by atoms with van der Waals surface area (Å²) in [5.74, 6) is -3.47. The van der Waals surface area contributed by atoms with Crippen molar-refractivity contribution in [1.82, 2.24) is 0 Å². The Bertz CT molecular complexity index is 250. The largest absolute Gasteiger partial charge is 0.481 e. The van der Waals surface area contributed by atoms with Gasteiger partial charge >= 0.3 is 5.97 Å². The Labute approximate surface area is 108 Å². The second kappa shape index (κ2) is 10.0. The number of carbonyl (C=O) groups is 1. The van der Waals surface area contributed by atoms with Gasteiger partial charge in [0.2, 0.25) is 0 Å². The molecule has 0 saturated heterocycles. The first-order valence-corrected chi connectivity index (χ1v) is 6.75. The molecule has 0 aromatic rings. The molecule has 0 aromatic carbocycles. The number of halogens is 2. The zero-order valence-electron chi connectivity index (χ0n) is 11.1. The first kappa shape index (κ1) is 17.1. The molecule has 0 aliphatic heterocycles. The lowest BCUT2D eigenvalue weighted by atomic mass is 10.1. The number of hydrogen-bond acceptors (Lipinski definition) is 1. The van der Waals surface area contributed by atoms with Crippen LogP contribution in [0, 0.1) is 0 Å². The van der Waals surface area contributed by atoms with Crippen LogP contribution in [-0.4, -0.2) is 17.0 Å². The lowest BCUT2D eigenvalue weighted by Crippen LogP contribution is -2.11. The molecule has 1 N–H and O–H groups in total. The zero-order valence-corrected chi connectivity index (χ0v) is 11.1. The Morgan fingerprint density at radius 2 is 1.78 bits per heavy atom. The molecular formula is C14H24F2O2. The van der Waals surface area contributed by atoms with E-state index in [0.717, 1.165) is 31.8 Å². The average molecular weight is 262 g/mol. The zero-order chi connectivity index (χ0) is 13.9. The molecule has 0 heterocycles. The maximum atomic E-state index is 13.3. The molecule has 0 fully saturated rings. The highest BCUT2D eigenvalue weighted by Gasteiger charge is 2.23. The molecule has 0 atom stereocenters. The Balaban J connectivity index is 3.49. The molecule has 0 rings (SSSR count). The van der Waals surface area contributed by atoms with Crippen LogP contribution in [0.25, 0.3) is 0 Å². The number of allylic oxidation sites excluding steroid dienone is 2. The average Bonchev–Trinajstić information content (AvgIpc) is 2.27. The highest BCUT2D eigenvalue weighted by atomic mass is 19.3. The van der Waals surface area contributed by atoms with Crippen molar-refractivity contribution in [2.24, 2.45) is 0 Å². The lowest BCUT2D eigenvalue weighted by Gasteiger charge is -2.11. The number of unbranched alkanes of at least 4 members (excludes halogenated alkanes) is 5. The first-order valence-electron chi connectivity index (χ1n) is 6.75. The van der Waals surface area contributed by atoms with Gasteiger partial charge in [-0.1, -0.05) is 38.7 Å². The number of carboxylic acid groups (broad SMARTS) is 1. The van der Waals surface area contributed by atoms with Crippen LogP contribution in [-0.2, 0) is 4.79 Å². The van der Waals surface area contributed by atoms with Crippen molar-refractivity contribution in [2.75, 3.05) is 0 Å². The van der Waals surface area contributed by atoms with E-state index in [1.165, 1.54) is 0 Å². The Morgan fingerprint density at radius 3 is 2.39 bits per heavy atom. The summed E-state index contributed by atoms with van der Waals surface area (Å²) in [4.78, 5) is 10.2. The quantitative estimate of drug-likeness (QED) is 0.429. The highest BCUT2D eigenvalue weighted by Crippen LogP contribution is 2.24. The van der Waals surface area contributed by atoms with E-state index in [9.17, 15) is 13.6 Å². The molecule has 2 nitrogen and oxygen atoms in total. The van der Waals surface area contributed by atoms with E-state index < -0.39 is 11.9 Å². The normalized spacial score (nSPS) is 12.2. The van der Waals surface area contributed by atoms with Crippen LogP contribution in [0.4, 0.5) is 8.78 Å². The van der Waals surface area contributed by atoms with Crippen molar-refractivity contribution in [1.29, 1.82) is 0 Å². The van der Waals surface area contributed by atoms with E-state index in [4.69, 9.17) is 5.11 Å². The van der Waals surface area contributed by atoms with Crippen LogP contribution in [0.15, 0.2) is 12.2 Å². The molecule has 0 amide bonds. The smallest absolute Gasteiger partial charge is 0.303 e. The predicted molar refractivity (Wildman–Crippen MR) is 68.9 cm³/mol. The molecule has 18 heavy (non-hydrogen) atoms. The number of aliphatic carboxylic acids is 1. The minimum atomic E-state index is -2.68. The van der Waals surface area contributed by atoms with Crippen molar-refractivity contribution in [3.8, 4) is 0 Å². The molecule has 4 heteroatoms. The molecule has 0 aliphatic rings. The molecule has 0 aromatic heterocycles. The number of hydrogen-bond donors (Lipinski definition) is 1. The second-order valence-electron chi connectivity index (χ2n) is 4.61. The molecule has 106 valence electrons. The predicted octanol–water partition coefficient (Wildman–Crippen LogP) is 4.79. The van der Waals surface area contributed by atoms with Gasteiger partial charge in [0.25, 0.3) is 5.92 Å². The first-order chi connectivity index (χ1) is 8.48. The highest BCUT2D eigenvalue weighted by molar-refractivity contribution is 5.66. The number of alkyl halides is 2. The topological polar surface area (TPSA) is 37.3 Å². The van der Waals surface area contributed by atoms with Crippen molar-refractivity contribution in [2.45, 2.75) is 70.6 Å². The molecule has 0 unspecified atom stereocenters. The van der Waals surface area contributed by atoms with E-state index in [-0.39, 0.29) is 12.8 Å². The minimum absolute atomic E-state index is 0.105. The van der Waals surface area contributed by atoms with E-state index in [1.54, 1.807) is 6.08 Å². The maximum absolute atomic E-state index is 13.3. The summed E-state index contributed by atoms with van der Waals surface area (Å²) in [6, 6.07) is 0. The van der Waals surface area contributed by atoms with Gasteiger partial charge in [-0.2, -0.15) is 0 Å². The van der Waals surface area contributed by atoms with Gasteiger partial charge in [-0.3, -0.25) is 4.79 Å². The van der Waals surface area contributed by atoms with Crippen LogP contribution in [0.2, 0.25) is 0 Å². The summed E-state index contributed by atoms with van der Waals surface area (Å²) in [5, 5.41) is 8.42. The third-order valence-electron chi connectivity index (χ3n) is 2.72. The Morgan fingerprint density at radius 1 is 1.17 bits per heavy atom. The number of carboxylic acids is 1. The third-order valence-corrected chi connectivity index (χ3v) is 2.72. The standard InChI is InChI=1S/C14H24F2O2/c1-2-3-8-11-14(15,16)12-9-6-4-5-7-10-13(17)18/h8,11H,2-7,9-10,12H2,1H3,(H,17,18)/b11-8-. The van der Waals surface area contributed by atoms with Gasteiger partial charge in [-0.15, -0.1) is 0 Å². The molecule has 0 spiro atoms. The lowest BCUT2D eigenvalue weighted by molar-refractivity contribution is -0.137. The summed E-state index contributed by atoms with van der Waals surface area (Å²) in [7, 11) is 0. The van der Waals surface area contributed by atoms with Crippen LogP contribution < -0.4 is 0 Å². The maximum Gasteiger partial charge on any atom is 0.303 e. The van der Waals surface area contributed by atoms with Gasteiger partial charge in [-0.05, 0) is 25.3 Å². The fourth-order valence-corrected chi connectivity index (χ4v) is 1.67. The fraction of sp³-hybridized carbons (Fsp3) is 0.786. The van der Waals surface area contributed by atoms with Crippen molar-refractivity contribution < 1.29 is 18.7 Å². The van der Waals surface area contributed by atoms with E-state index in [1.807, 2.05) is 6.92 Å². The fourth-order valence-electron chi connectivity index (χ4n) is 1.67. The van der Waals surface area contributed by atoms with Crippen molar-refractivity contribution in [3.05, 3.63) is 12.2 Å². The van der Waals surface area contributed by atoms with Gasteiger partial charge in [0.1, 0.15) is 0 Å².